The molecule has 304 valence electrons. The number of aromatic nitrogens is 8. The van der Waals surface area contributed by atoms with Crippen LogP contribution >= 0.6 is 0 Å². The van der Waals surface area contributed by atoms with Crippen LogP contribution in [-0.4, -0.2) is 52.6 Å². The maximum Gasteiger partial charge on any atom is 0.134 e. The highest BCUT2D eigenvalue weighted by molar-refractivity contribution is 5.90. The number of pyridine rings is 4. The number of fused-ring (bicyclic) bond motifs is 2. The molecule has 1 saturated carbocycles. The van der Waals surface area contributed by atoms with Crippen LogP contribution in [-0.2, 0) is 0 Å². The number of hydrogen-bond acceptors (Lipinski definition) is 9. The molecule has 7 heterocycles. The van der Waals surface area contributed by atoms with E-state index < -0.39 is 0 Å². The first-order valence-corrected chi connectivity index (χ1v) is 20.7. The number of piperidine rings is 1. The lowest BCUT2D eigenvalue weighted by atomic mass is 9.95. The fourth-order valence-corrected chi connectivity index (χ4v) is 8.27. The van der Waals surface area contributed by atoms with Gasteiger partial charge in [0.1, 0.15) is 33.7 Å². The van der Waals surface area contributed by atoms with E-state index in [4.69, 9.17) is 5.10 Å². The number of aryl methyl sites for hydroxylation is 2. The van der Waals surface area contributed by atoms with Gasteiger partial charge in [0, 0.05) is 47.3 Å². The van der Waals surface area contributed by atoms with Crippen LogP contribution in [0.2, 0.25) is 0 Å². The van der Waals surface area contributed by atoms with Gasteiger partial charge in [-0.15, -0.1) is 0 Å². The number of benzene rings is 2. The summed E-state index contributed by atoms with van der Waals surface area (Å²) in [6.07, 6.45) is 19.0. The molecular weight excluding hydrogens is 757 g/mol. The smallest absolute Gasteiger partial charge is 0.134 e. The number of nitrogens with zero attached hydrogens (tertiary/aromatic N) is 8. The molecule has 60 heavy (non-hydrogen) atoms. The maximum absolute atomic E-state index is 14.4. The van der Waals surface area contributed by atoms with E-state index in [0.717, 1.165) is 94.7 Å². The summed E-state index contributed by atoms with van der Waals surface area (Å²) in [5, 5.41) is 19.8. The molecule has 8 aromatic rings. The number of halogens is 2. The zero-order valence-corrected chi connectivity index (χ0v) is 33.7. The van der Waals surface area contributed by atoms with Crippen LogP contribution in [0.4, 0.5) is 31.5 Å². The zero-order chi connectivity index (χ0) is 41.0. The van der Waals surface area contributed by atoms with Crippen LogP contribution in [0, 0.1) is 25.5 Å². The lowest BCUT2D eigenvalue weighted by molar-refractivity contribution is 0.337. The van der Waals surface area contributed by atoms with Crippen molar-refractivity contribution in [1.82, 2.24) is 44.8 Å². The Hall–Kier alpha value is -6.60. The van der Waals surface area contributed by atoms with Gasteiger partial charge in [0.15, 0.2) is 0 Å². The minimum absolute atomic E-state index is 0.271. The molecule has 10 rings (SSSR count). The molecule has 2 aromatic carbocycles. The molecule has 1 aliphatic carbocycles. The topological polar surface area (TPSA) is 123 Å². The summed E-state index contributed by atoms with van der Waals surface area (Å²) >= 11 is 0. The van der Waals surface area contributed by atoms with E-state index >= 15 is 0 Å². The van der Waals surface area contributed by atoms with E-state index in [1.165, 1.54) is 31.4 Å². The zero-order valence-electron chi connectivity index (χ0n) is 33.7. The average molecular weight is 804 g/mol. The van der Waals surface area contributed by atoms with Gasteiger partial charge in [0.2, 0.25) is 0 Å². The lowest BCUT2D eigenvalue weighted by Gasteiger charge is -2.23. The molecule has 6 aromatic heterocycles. The van der Waals surface area contributed by atoms with Crippen molar-refractivity contribution in [2.75, 3.05) is 23.7 Å². The summed E-state index contributed by atoms with van der Waals surface area (Å²) in [6.45, 7) is 5.91. The minimum Gasteiger partial charge on any atom is -0.354 e. The molecule has 13 heteroatoms. The van der Waals surface area contributed by atoms with Crippen LogP contribution in [0.5, 0.6) is 0 Å². The predicted molar refractivity (Wildman–Crippen MR) is 234 cm³/mol. The van der Waals surface area contributed by atoms with Gasteiger partial charge in [-0.25, -0.2) is 8.78 Å². The van der Waals surface area contributed by atoms with Crippen LogP contribution in [0.3, 0.4) is 0 Å². The molecule has 11 nitrogen and oxygen atoms in total. The molecule has 2 aliphatic rings. The second kappa shape index (κ2) is 17.3. The van der Waals surface area contributed by atoms with Crippen molar-refractivity contribution in [2.45, 2.75) is 70.9 Å². The van der Waals surface area contributed by atoms with Crippen LogP contribution in [0.1, 0.15) is 68.2 Å². The Balaban J connectivity index is 0.000000154. The van der Waals surface area contributed by atoms with Gasteiger partial charge in [-0.2, -0.15) is 10.2 Å². The standard InChI is InChI=1S/C24H24FN5.C23H23FN6/c1-16-7-8-20(25)19(13-16)22-14-17(9-11-26-22)29-21-10-12-27-23-15-28-30(24(21)23)18-5-3-2-4-6-18;1-15-2-3-19(24)18(12-15)21-13-16(4-10-26-21)28-20-7-11-27-22-14-30(29-23(20)22)17-5-8-25-9-6-17/h7-15,18H,2-6H2,1H3,(H,26,27,29);2-4,7,10-14,17,25H,5-6,8-9H2,1H3,(H,26,28). The normalized spacial score (nSPS) is 14.9. The number of hydrogen-bond donors (Lipinski definition) is 3. The molecule has 1 aliphatic heterocycles. The van der Waals surface area contributed by atoms with Crippen molar-refractivity contribution in [2.24, 2.45) is 0 Å². The van der Waals surface area contributed by atoms with Crippen LogP contribution < -0.4 is 16.0 Å². The van der Waals surface area contributed by atoms with Gasteiger partial charge < -0.3 is 16.0 Å². The Morgan fingerprint density at radius 3 is 1.85 bits per heavy atom. The third kappa shape index (κ3) is 8.44. The fraction of sp³-hybridized carbons (Fsp3) is 0.277. The summed E-state index contributed by atoms with van der Waals surface area (Å²) in [5.41, 5.74) is 11.3. The fourth-order valence-electron chi connectivity index (χ4n) is 8.27. The highest BCUT2D eigenvalue weighted by atomic mass is 19.1. The van der Waals surface area contributed by atoms with Gasteiger partial charge in [-0.05, 0) is 113 Å². The number of anilines is 4. The Morgan fingerprint density at radius 1 is 0.617 bits per heavy atom. The molecular formula is C47H47F2N11. The monoisotopic (exact) mass is 803 g/mol. The highest BCUT2D eigenvalue weighted by Gasteiger charge is 2.21. The van der Waals surface area contributed by atoms with Crippen molar-refractivity contribution in [1.29, 1.82) is 0 Å². The van der Waals surface area contributed by atoms with E-state index in [9.17, 15) is 8.78 Å². The molecule has 3 N–H and O–H groups in total. The van der Waals surface area contributed by atoms with Crippen LogP contribution in [0.25, 0.3) is 44.6 Å². The van der Waals surface area contributed by atoms with Crippen molar-refractivity contribution in [3.05, 3.63) is 133 Å². The minimum atomic E-state index is -0.280. The summed E-state index contributed by atoms with van der Waals surface area (Å²) < 4.78 is 32.9. The Kier molecular flexibility index (Phi) is 11.2. The largest absolute Gasteiger partial charge is 0.354 e. The van der Waals surface area contributed by atoms with Crippen molar-refractivity contribution in [3.8, 4) is 22.5 Å². The summed E-state index contributed by atoms with van der Waals surface area (Å²) in [5.74, 6) is -0.552. The first kappa shape index (κ1) is 38.9. The quantitative estimate of drug-likeness (QED) is 0.138. The first-order chi connectivity index (χ1) is 29.4. The van der Waals surface area contributed by atoms with Gasteiger partial charge in [0.05, 0.1) is 47.2 Å². The van der Waals surface area contributed by atoms with Gasteiger partial charge in [0.25, 0.3) is 0 Å². The van der Waals surface area contributed by atoms with E-state index in [1.807, 2.05) is 79.5 Å². The Morgan fingerprint density at radius 2 is 1.20 bits per heavy atom. The SMILES string of the molecule is Cc1ccc(F)c(-c2cc(Nc3ccnc4cn(C5CCNCC5)nc34)ccn2)c1.Cc1ccc(F)c(-c2cc(Nc3ccnc4cnn(C5CCCCC5)c34)ccn2)c1. The van der Waals surface area contributed by atoms with E-state index in [1.54, 1.807) is 36.9 Å². The van der Waals surface area contributed by atoms with E-state index in [2.05, 4.69) is 45.7 Å². The van der Waals surface area contributed by atoms with E-state index in [0.29, 0.717) is 34.6 Å². The molecule has 0 amide bonds. The van der Waals surface area contributed by atoms with Crippen molar-refractivity contribution < 1.29 is 8.78 Å². The number of rotatable bonds is 8. The highest BCUT2D eigenvalue weighted by Crippen LogP contribution is 2.35. The third-order valence-corrected chi connectivity index (χ3v) is 11.4. The number of nitrogens with one attached hydrogen (secondary N) is 3. The molecule has 2 fully saturated rings. The summed E-state index contributed by atoms with van der Waals surface area (Å²) in [6, 6.07) is 22.3. The van der Waals surface area contributed by atoms with Crippen molar-refractivity contribution in [3.63, 3.8) is 0 Å². The lowest BCUT2D eigenvalue weighted by Crippen LogP contribution is -2.29. The van der Waals surface area contributed by atoms with Gasteiger partial charge in [-0.3, -0.25) is 29.3 Å². The third-order valence-electron chi connectivity index (χ3n) is 11.4. The average Bonchev–Trinajstić information content (AvgIpc) is 3.93. The Labute approximate surface area is 347 Å². The summed E-state index contributed by atoms with van der Waals surface area (Å²) in [4.78, 5) is 17.7. The molecule has 1 saturated heterocycles. The predicted octanol–water partition coefficient (Wildman–Crippen LogP) is 10.8. The van der Waals surface area contributed by atoms with Crippen molar-refractivity contribution >= 4 is 44.8 Å². The molecule has 0 bridgehead atoms. The van der Waals surface area contributed by atoms with Gasteiger partial charge >= 0.3 is 0 Å². The first-order valence-electron chi connectivity index (χ1n) is 20.7. The molecule has 0 spiro atoms. The van der Waals surface area contributed by atoms with Crippen LogP contribution in [0.15, 0.2) is 110 Å². The molecule has 0 radical (unpaired) electrons. The van der Waals surface area contributed by atoms with E-state index in [-0.39, 0.29) is 11.6 Å². The maximum atomic E-state index is 14.4. The summed E-state index contributed by atoms with van der Waals surface area (Å²) in [7, 11) is 0. The Bertz CT molecular complexity index is 2760. The second-order valence-electron chi connectivity index (χ2n) is 15.7. The molecule has 0 atom stereocenters. The van der Waals surface area contributed by atoms with Gasteiger partial charge in [-0.1, -0.05) is 42.5 Å². The molecule has 0 unspecified atom stereocenters. The second-order valence-corrected chi connectivity index (χ2v) is 15.7.